The Morgan fingerprint density at radius 2 is 1.57 bits per heavy atom. The molecule has 3 heterocycles. The third-order valence-electron chi connectivity index (χ3n) is 10.4. The van der Waals surface area contributed by atoms with E-state index >= 15 is 0 Å². The van der Waals surface area contributed by atoms with Gasteiger partial charge in [-0.3, -0.25) is 14.4 Å². The lowest BCUT2D eigenvalue weighted by molar-refractivity contribution is -0.139. The zero-order valence-electron chi connectivity index (χ0n) is 32.3. The van der Waals surface area contributed by atoms with E-state index in [1.165, 1.54) is 7.11 Å². The number of aromatic amines is 1. The van der Waals surface area contributed by atoms with Crippen molar-refractivity contribution in [2.45, 2.75) is 102 Å². The van der Waals surface area contributed by atoms with E-state index in [0.717, 1.165) is 54.5 Å². The van der Waals surface area contributed by atoms with E-state index in [1.54, 1.807) is 11.1 Å². The molecule has 56 heavy (non-hydrogen) atoms. The first kappa shape index (κ1) is 40.2. The standard InChI is InChI=1S/C41H53N7O8/c1-25(2)35(47-41(53)56-30-18-19-30)39(51)48-21-7-9-34(48)38(50)43-29-16-14-27(15-17-29)26-10-12-28(13-11-26)33-24-42-36(44-33)31-20-23-55-22-6-4-5-8-32(37(49)45-31)46-40(52)54-3/h10-17,24-25,30-32,34-35H,4-9,18-23H2,1-3H3,(H,42,44)(H,43,50)(H,45,49)(H,46,52)(H,47,53)/t31-,32-,34-,35-/m0/s1. The Morgan fingerprint density at radius 3 is 2.27 bits per heavy atom. The molecule has 3 aromatic rings. The molecule has 5 amide bonds. The number of ether oxygens (including phenoxy) is 3. The van der Waals surface area contributed by atoms with Gasteiger partial charge in [0.2, 0.25) is 17.7 Å². The molecule has 300 valence electrons. The van der Waals surface area contributed by atoms with Crippen LogP contribution in [0.3, 0.4) is 0 Å². The molecule has 15 nitrogen and oxygen atoms in total. The van der Waals surface area contributed by atoms with Crippen molar-refractivity contribution >= 4 is 35.6 Å². The number of rotatable bonds is 10. The van der Waals surface area contributed by atoms with Crippen LogP contribution in [0.1, 0.15) is 83.5 Å². The molecule has 15 heteroatoms. The van der Waals surface area contributed by atoms with Crippen molar-refractivity contribution in [2.75, 3.05) is 32.2 Å². The lowest BCUT2D eigenvalue weighted by atomic mass is 10.0. The van der Waals surface area contributed by atoms with E-state index in [1.807, 2.05) is 62.4 Å². The molecular weight excluding hydrogens is 718 g/mol. The maximum absolute atomic E-state index is 13.5. The minimum atomic E-state index is -0.783. The average molecular weight is 772 g/mol. The highest BCUT2D eigenvalue weighted by molar-refractivity contribution is 5.99. The number of methoxy groups -OCH3 is 1. The SMILES string of the molecule is COC(=O)N[C@H]1CCCCCOCC[C@@H](c2ncc(-c3ccc(-c4ccc(NC(=O)[C@@H]5CCCN5C(=O)[C@@H](NC(=O)OC5CC5)C(C)C)cc4)cc3)[nH]2)NC1=O. The molecule has 0 spiro atoms. The zero-order valence-corrected chi connectivity index (χ0v) is 32.3. The van der Waals surface area contributed by atoms with E-state index in [2.05, 4.69) is 31.2 Å². The van der Waals surface area contributed by atoms with Gasteiger partial charge in [0.15, 0.2) is 0 Å². The van der Waals surface area contributed by atoms with Gasteiger partial charge in [-0.15, -0.1) is 0 Å². The monoisotopic (exact) mass is 771 g/mol. The van der Waals surface area contributed by atoms with Gasteiger partial charge in [-0.25, -0.2) is 14.6 Å². The number of carbonyl (C=O) groups excluding carboxylic acids is 5. The molecule has 0 bridgehead atoms. The smallest absolute Gasteiger partial charge is 0.408 e. The Kier molecular flexibility index (Phi) is 13.6. The second-order valence-corrected chi connectivity index (χ2v) is 15.0. The Hall–Kier alpha value is -5.44. The van der Waals surface area contributed by atoms with Crippen LogP contribution in [-0.4, -0.2) is 95.9 Å². The van der Waals surface area contributed by atoms with Gasteiger partial charge in [-0.1, -0.05) is 63.1 Å². The predicted octanol–water partition coefficient (Wildman–Crippen LogP) is 5.45. The summed E-state index contributed by atoms with van der Waals surface area (Å²) >= 11 is 0. The highest BCUT2D eigenvalue weighted by Gasteiger charge is 2.39. The molecule has 2 saturated heterocycles. The van der Waals surface area contributed by atoms with Gasteiger partial charge >= 0.3 is 12.2 Å². The molecule has 6 rings (SSSR count). The number of anilines is 1. The first-order valence-corrected chi connectivity index (χ1v) is 19.7. The van der Waals surface area contributed by atoms with E-state index in [4.69, 9.17) is 14.2 Å². The number of hydrogen-bond donors (Lipinski definition) is 5. The van der Waals surface area contributed by atoms with Gasteiger partial charge in [0.25, 0.3) is 0 Å². The van der Waals surface area contributed by atoms with Crippen LogP contribution in [0.5, 0.6) is 0 Å². The molecule has 0 unspecified atom stereocenters. The number of carbonyl (C=O) groups is 5. The fourth-order valence-electron chi connectivity index (χ4n) is 7.02. The van der Waals surface area contributed by atoms with E-state index in [0.29, 0.717) is 57.0 Å². The number of H-pyrrole nitrogens is 1. The molecule has 3 aliphatic rings. The molecule has 5 N–H and O–H groups in total. The summed E-state index contributed by atoms with van der Waals surface area (Å²) in [5, 5.41) is 11.4. The van der Waals surface area contributed by atoms with Crippen molar-refractivity contribution in [3.8, 4) is 22.4 Å². The highest BCUT2D eigenvalue weighted by Crippen LogP contribution is 2.28. The summed E-state index contributed by atoms with van der Waals surface area (Å²) in [6.45, 7) is 5.24. The minimum absolute atomic E-state index is 0.0747. The van der Waals surface area contributed by atoms with E-state index < -0.39 is 36.4 Å². The molecule has 1 saturated carbocycles. The van der Waals surface area contributed by atoms with Crippen LogP contribution in [0.15, 0.2) is 54.7 Å². The summed E-state index contributed by atoms with van der Waals surface area (Å²) in [7, 11) is 1.27. The fraction of sp³-hybridized carbons (Fsp3) is 0.512. The van der Waals surface area contributed by atoms with Gasteiger partial charge in [-0.2, -0.15) is 0 Å². The topological polar surface area (TPSA) is 193 Å². The van der Waals surface area contributed by atoms with Crippen LogP contribution in [0.25, 0.3) is 22.4 Å². The van der Waals surface area contributed by atoms with Crippen LogP contribution < -0.4 is 21.3 Å². The summed E-state index contributed by atoms with van der Waals surface area (Å²) in [5.74, 6) is -0.444. The number of amides is 5. The number of alkyl carbamates (subject to hydrolysis) is 2. The van der Waals surface area contributed by atoms with Gasteiger partial charge < -0.3 is 45.4 Å². The Balaban J connectivity index is 1.06. The average Bonchev–Trinajstić information content (AvgIpc) is 3.62. The van der Waals surface area contributed by atoms with Gasteiger partial charge in [0, 0.05) is 25.4 Å². The first-order chi connectivity index (χ1) is 27.1. The molecule has 4 atom stereocenters. The van der Waals surface area contributed by atoms with Crippen LogP contribution in [0, 0.1) is 5.92 Å². The van der Waals surface area contributed by atoms with Crippen molar-refractivity contribution in [3.05, 3.63) is 60.6 Å². The predicted molar refractivity (Wildman–Crippen MR) is 208 cm³/mol. The lowest BCUT2D eigenvalue weighted by Gasteiger charge is -2.30. The summed E-state index contributed by atoms with van der Waals surface area (Å²) in [6, 6.07) is 12.9. The van der Waals surface area contributed by atoms with Crippen molar-refractivity contribution in [3.63, 3.8) is 0 Å². The third-order valence-corrected chi connectivity index (χ3v) is 10.4. The van der Waals surface area contributed by atoms with Crippen LogP contribution >= 0.6 is 0 Å². The third kappa shape index (κ3) is 10.6. The zero-order chi connectivity index (χ0) is 39.6. The van der Waals surface area contributed by atoms with E-state index in [9.17, 15) is 24.0 Å². The summed E-state index contributed by atoms with van der Waals surface area (Å²) in [6.07, 6.45) is 6.85. The number of aromatic nitrogens is 2. The fourth-order valence-corrected chi connectivity index (χ4v) is 7.02. The molecule has 1 aliphatic carbocycles. The number of hydrogen-bond acceptors (Lipinski definition) is 9. The van der Waals surface area contributed by atoms with E-state index in [-0.39, 0.29) is 29.7 Å². The number of benzene rings is 2. The van der Waals surface area contributed by atoms with Crippen molar-refractivity contribution < 1.29 is 38.2 Å². The van der Waals surface area contributed by atoms with Crippen molar-refractivity contribution in [1.29, 1.82) is 0 Å². The quantitative estimate of drug-likeness (QED) is 0.178. The second kappa shape index (κ2) is 18.9. The molecule has 1 aromatic heterocycles. The lowest BCUT2D eigenvalue weighted by Crippen LogP contribution is -2.54. The number of likely N-dealkylation sites (tertiary alicyclic amines) is 1. The Bertz CT molecular complexity index is 1830. The maximum Gasteiger partial charge on any atom is 0.408 e. The molecule has 3 fully saturated rings. The Morgan fingerprint density at radius 1 is 0.857 bits per heavy atom. The van der Waals surface area contributed by atoms with Gasteiger partial charge in [-0.05, 0) is 79.7 Å². The molecule has 2 aromatic carbocycles. The highest BCUT2D eigenvalue weighted by atomic mass is 16.6. The maximum atomic E-state index is 13.5. The molecule has 2 aliphatic heterocycles. The number of imidazole rings is 1. The summed E-state index contributed by atoms with van der Waals surface area (Å²) in [4.78, 5) is 74.0. The van der Waals surface area contributed by atoms with Crippen molar-refractivity contribution in [2.24, 2.45) is 5.92 Å². The molecular formula is C41H53N7O8. The first-order valence-electron chi connectivity index (χ1n) is 19.7. The summed E-state index contributed by atoms with van der Waals surface area (Å²) in [5.41, 5.74) is 4.22. The second-order valence-electron chi connectivity index (χ2n) is 15.0. The normalized spacial score (nSPS) is 21.2. The van der Waals surface area contributed by atoms with Crippen LogP contribution in [0.4, 0.5) is 15.3 Å². The summed E-state index contributed by atoms with van der Waals surface area (Å²) < 4.78 is 15.9. The number of nitrogens with one attached hydrogen (secondary N) is 5. The Labute approximate surface area is 327 Å². The minimum Gasteiger partial charge on any atom is -0.453 e. The molecule has 0 radical (unpaired) electrons. The van der Waals surface area contributed by atoms with Gasteiger partial charge in [0.05, 0.1) is 25.0 Å². The van der Waals surface area contributed by atoms with Crippen molar-refractivity contribution in [1.82, 2.24) is 30.8 Å². The van der Waals surface area contributed by atoms with Gasteiger partial charge in [0.1, 0.15) is 30.1 Å². The van der Waals surface area contributed by atoms with Crippen LogP contribution in [0.2, 0.25) is 0 Å². The largest absolute Gasteiger partial charge is 0.453 e. The van der Waals surface area contributed by atoms with Crippen LogP contribution in [-0.2, 0) is 28.6 Å². The number of nitrogens with zero attached hydrogens (tertiary/aromatic N) is 2.